The van der Waals surface area contributed by atoms with Crippen LogP contribution in [0.5, 0.6) is 5.75 Å². The van der Waals surface area contributed by atoms with Crippen LogP contribution >= 0.6 is 11.8 Å². The van der Waals surface area contributed by atoms with E-state index in [1.165, 1.54) is 10.8 Å². The number of halogens is 1. The Hall–Kier alpha value is -2.87. The first-order valence-corrected chi connectivity index (χ1v) is 10.4. The van der Waals surface area contributed by atoms with E-state index in [1.54, 1.807) is 0 Å². The fraction of sp³-hybridized carbons (Fsp3) is 0.304. The van der Waals surface area contributed by atoms with E-state index < -0.39 is 17.5 Å². The van der Waals surface area contributed by atoms with Gasteiger partial charge >= 0.3 is 5.69 Å². The second-order valence-electron chi connectivity index (χ2n) is 7.50. The van der Waals surface area contributed by atoms with Gasteiger partial charge in [-0.25, -0.2) is 4.79 Å². The fourth-order valence-corrected chi connectivity index (χ4v) is 3.85. The number of benzene rings is 2. The van der Waals surface area contributed by atoms with Crippen LogP contribution in [0.4, 0.5) is 0 Å². The summed E-state index contributed by atoms with van der Waals surface area (Å²) in [6.07, 6.45) is 2.09. The first-order chi connectivity index (χ1) is 15.0. The topological polar surface area (TPSA) is 82.7 Å². The van der Waals surface area contributed by atoms with Crippen molar-refractivity contribution in [3.63, 3.8) is 0 Å². The molecule has 31 heavy (non-hydrogen) atoms. The molecule has 1 N–H and O–H groups in total. The molecule has 0 unspecified atom stereocenters. The van der Waals surface area contributed by atoms with Gasteiger partial charge in [-0.3, -0.25) is 9.36 Å². The quantitative estimate of drug-likeness (QED) is 0.608. The molecule has 7 nitrogen and oxygen atoms in total. The molecular weight excluding hydrogens is 420 g/mol. The van der Waals surface area contributed by atoms with Crippen molar-refractivity contribution in [2.24, 2.45) is 0 Å². The molecule has 3 aromatic rings. The zero-order valence-corrected chi connectivity index (χ0v) is 17.6. The first kappa shape index (κ1) is 21.4. The zero-order chi connectivity index (χ0) is 21.8. The minimum absolute atomic E-state index is 0.117. The van der Waals surface area contributed by atoms with Gasteiger partial charge in [-0.05, 0) is 36.1 Å². The van der Waals surface area contributed by atoms with Crippen LogP contribution in [-0.2, 0) is 17.8 Å². The summed E-state index contributed by atoms with van der Waals surface area (Å²) >= 11 is 5.99. The first-order valence-electron chi connectivity index (χ1n) is 10.1. The summed E-state index contributed by atoms with van der Waals surface area (Å²) in [6.45, 7) is 0.323. The summed E-state index contributed by atoms with van der Waals surface area (Å²) in [4.78, 5) is 25.1. The standard InChI is InChI=1S/C23H23ClN2O5/c24-26-22(28)18(13-25(23(26)29)21-10-9-20(14-27)31-21)11-17-7-4-8-19(12-17)30-15-16-5-2-1-3-6-16/h1-8,12-13,20-21,27H,9-11,14-15H2/t20-,21+/m0/s1. The number of hydrogen-bond acceptors (Lipinski definition) is 5. The van der Waals surface area contributed by atoms with Crippen molar-refractivity contribution in [2.45, 2.75) is 38.2 Å². The molecule has 162 valence electrons. The summed E-state index contributed by atoms with van der Waals surface area (Å²) in [5, 5.41) is 9.29. The van der Waals surface area contributed by atoms with Crippen LogP contribution in [0.2, 0.25) is 0 Å². The van der Waals surface area contributed by atoms with Gasteiger partial charge < -0.3 is 14.6 Å². The number of hydrogen-bond donors (Lipinski definition) is 1. The number of aromatic nitrogens is 2. The molecule has 0 aliphatic carbocycles. The van der Waals surface area contributed by atoms with Gasteiger partial charge in [0.25, 0.3) is 5.56 Å². The van der Waals surface area contributed by atoms with Gasteiger partial charge in [-0.1, -0.05) is 42.5 Å². The average molecular weight is 443 g/mol. The lowest BCUT2D eigenvalue weighted by Crippen LogP contribution is -2.39. The van der Waals surface area contributed by atoms with Gasteiger partial charge in [0, 0.05) is 30.0 Å². The van der Waals surface area contributed by atoms with E-state index in [-0.39, 0.29) is 19.1 Å². The van der Waals surface area contributed by atoms with E-state index in [1.807, 2.05) is 54.6 Å². The second-order valence-corrected chi connectivity index (χ2v) is 7.84. The van der Waals surface area contributed by atoms with Gasteiger partial charge in [-0.15, -0.1) is 0 Å². The molecule has 1 fully saturated rings. The molecule has 1 saturated heterocycles. The number of nitrogens with zero attached hydrogens (tertiary/aromatic N) is 2. The van der Waals surface area contributed by atoms with Gasteiger partial charge in [-0.2, -0.15) is 4.09 Å². The molecule has 1 aliphatic rings. The van der Waals surface area contributed by atoms with E-state index in [4.69, 9.17) is 21.3 Å². The van der Waals surface area contributed by atoms with Gasteiger partial charge in [0.1, 0.15) is 18.6 Å². The highest BCUT2D eigenvalue weighted by Crippen LogP contribution is 2.27. The van der Waals surface area contributed by atoms with Crippen molar-refractivity contribution < 1.29 is 14.6 Å². The summed E-state index contributed by atoms with van der Waals surface area (Å²) < 4.78 is 13.5. The molecule has 1 aliphatic heterocycles. The van der Waals surface area contributed by atoms with E-state index in [0.717, 1.165) is 11.1 Å². The Kier molecular flexibility index (Phi) is 6.56. The summed E-state index contributed by atoms with van der Waals surface area (Å²) in [5.41, 5.74) is 1.06. The third-order valence-electron chi connectivity index (χ3n) is 5.28. The van der Waals surface area contributed by atoms with E-state index in [2.05, 4.69) is 0 Å². The number of rotatable bonds is 7. The Labute approximate surface area is 184 Å². The number of aliphatic hydroxyl groups is 1. The molecule has 1 aromatic heterocycles. The highest BCUT2D eigenvalue weighted by molar-refractivity contribution is 6.15. The van der Waals surface area contributed by atoms with Crippen molar-refractivity contribution in [3.05, 3.63) is 98.3 Å². The van der Waals surface area contributed by atoms with E-state index in [0.29, 0.717) is 34.8 Å². The van der Waals surface area contributed by atoms with Crippen molar-refractivity contribution in [1.82, 2.24) is 8.65 Å². The molecular formula is C23H23ClN2O5. The summed E-state index contributed by atoms with van der Waals surface area (Å²) in [5.74, 6) is 0.686. The minimum atomic E-state index is -0.654. The van der Waals surface area contributed by atoms with E-state index in [9.17, 15) is 14.7 Å². The maximum Gasteiger partial charge on any atom is 0.348 e. The smallest absolute Gasteiger partial charge is 0.348 e. The molecule has 2 atom stereocenters. The lowest BCUT2D eigenvalue weighted by molar-refractivity contribution is -0.0249. The highest BCUT2D eigenvalue weighted by atomic mass is 35.5. The van der Waals surface area contributed by atoms with Crippen LogP contribution in [0.1, 0.15) is 35.8 Å². The second kappa shape index (κ2) is 9.51. The normalized spacial score (nSPS) is 18.3. The Balaban J connectivity index is 1.55. The molecule has 2 heterocycles. The van der Waals surface area contributed by atoms with Crippen LogP contribution < -0.4 is 16.0 Å². The van der Waals surface area contributed by atoms with Crippen molar-refractivity contribution in [1.29, 1.82) is 0 Å². The Morgan fingerprint density at radius 2 is 1.84 bits per heavy atom. The third-order valence-corrected chi connectivity index (χ3v) is 5.58. The Morgan fingerprint density at radius 3 is 2.58 bits per heavy atom. The lowest BCUT2D eigenvalue weighted by Gasteiger charge is -2.17. The SMILES string of the molecule is O=c1c(Cc2cccc(OCc3ccccc3)c2)cn([C@H]2CC[C@@H](CO)O2)c(=O)n1Cl. The minimum Gasteiger partial charge on any atom is -0.489 e. The predicted molar refractivity (Wildman–Crippen MR) is 116 cm³/mol. The van der Waals surface area contributed by atoms with Crippen LogP contribution in [0.15, 0.2) is 70.4 Å². The summed E-state index contributed by atoms with van der Waals surface area (Å²) in [6, 6.07) is 17.3. The molecule has 2 aromatic carbocycles. The highest BCUT2D eigenvalue weighted by Gasteiger charge is 2.28. The average Bonchev–Trinajstić information content (AvgIpc) is 3.28. The third kappa shape index (κ3) is 4.90. The maximum absolute atomic E-state index is 12.6. The van der Waals surface area contributed by atoms with Crippen LogP contribution in [-0.4, -0.2) is 26.5 Å². The molecule has 0 radical (unpaired) electrons. The van der Waals surface area contributed by atoms with Crippen molar-refractivity contribution >= 4 is 11.8 Å². The van der Waals surface area contributed by atoms with Gasteiger partial charge in [0.05, 0.1) is 12.7 Å². The van der Waals surface area contributed by atoms with E-state index >= 15 is 0 Å². The molecule has 0 saturated carbocycles. The van der Waals surface area contributed by atoms with Gasteiger partial charge in [0.2, 0.25) is 0 Å². The predicted octanol–water partition coefficient (Wildman–Crippen LogP) is 2.85. The number of aliphatic hydroxyl groups excluding tert-OH is 1. The molecule has 0 amide bonds. The monoisotopic (exact) mass is 442 g/mol. The largest absolute Gasteiger partial charge is 0.489 e. The summed E-state index contributed by atoms with van der Waals surface area (Å²) in [7, 11) is 0. The zero-order valence-electron chi connectivity index (χ0n) is 16.8. The molecule has 0 bridgehead atoms. The molecule has 4 rings (SSSR count). The van der Waals surface area contributed by atoms with Gasteiger partial charge in [0.15, 0.2) is 0 Å². The van der Waals surface area contributed by atoms with Crippen LogP contribution in [0, 0.1) is 0 Å². The molecule has 8 heteroatoms. The van der Waals surface area contributed by atoms with Crippen LogP contribution in [0.25, 0.3) is 0 Å². The van der Waals surface area contributed by atoms with Crippen molar-refractivity contribution in [3.8, 4) is 5.75 Å². The fourth-order valence-electron chi connectivity index (χ4n) is 3.65. The Bertz CT molecular complexity index is 1160. The maximum atomic E-state index is 12.6. The Morgan fingerprint density at radius 1 is 1.06 bits per heavy atom. The van der Waals surface area contributed by atoms with Crippen molar-refractivity contribution in [2.75, 3.05) is 6.61 Å². The van der Waals surface area contributed by atoms with Crippen LogP contribution in [0.3, 0.4) is 0 Å². The molecule has 0 spiro atoms. The number of ether oxygens (including phenoxy) is 2. The lowest BCUT2D eigenvalue weighted by atomic mass is 10.1.